The van der Waals surface area contributed by atoms with Crippen LogP contribution in [-0.4, -0.2) is 0 Å². The molecule has 0 aromatic heterocycles. The van der Waals surface area contributed by atoms with Crippen molar-refractivity contribution in [3.8, 4) is 0 Å². The minimum absolute atomic E-state index is 0. The zero-order chi connectivity index (χ0) is 11.9. The summed E-state index contributed by atoms with van der Waals surface area (Å²) in [5, 5.41) is 7.96. The molecule has 0 unspecified atom stereocenters. The van der Waals surface area contributed by atoms with Crippen LogP contribution < -0.4 is 18.9 Å². The third kappa shape index (κ3) is 1.85. The van der Waals surface area contributed by atoms with Crippen LogP contribution in [0.1, 0.15) is 0 Å². The van der Waals surface area contributed by atoms with Crippen LogP contribution in [-0.2, 0) is 0 Å². The molecule has 4 aromatic rings. The van der Waals surface area contributed by atoms with Crippen molar-refractivity contribution in [1.29, 1.82) is 0 Å². The first-order chi connectivity index (χ1) is 8.93. The topological polar surface area (TPSA) is 0 Å². The Labute approximate surface area is 124 Å². The zero-order valence-corrected chi connectivity index (χ0v) is 10.9. The van der Waals surface area contributed by atoms with E-state index in [1.165, 1.54) is 32.3 Å². The fourth-order valence-corrected chi connectivity index (χ4v) is 2.77. The smallest absolute Gasteiger partial charge is 0.0616 e. The summed E-state index contributed by atoms with van der Waals surface area (Å²) in [4.78, 5) is 0. The molecule has 0 bridgehead atoms. The second-order valence-electron chi connectivity index (χ2n) is 4.67. The Morgan fingerprint density at radius 3 is 1.26 bits per heavy atom. The first-order valence-corrected chi connectivity index (χ1v) is 6.23. The summed E-state index contributed by atoms with van der Waals surface area (Å²) in [5.74, 6) is 0. The van der Waals surface area contributed by atoms with Crippen LogP contribution in [0.3, 0.4) is 0 Å². The molecule has 0 saturated carbocycles. The van der Waals surface area contributed by atoms with Crippen molar-refractivity contribution >= 4 is 32.3 Å². The van der Waals surface area contributed by atoms with Crippen LogP contribution in [0.25, 0.3) is 32.3 Å². The summed E-state index contributed by atoms with van der Waals surface area (Å²) >= 11 is 0. The Kier molecular flexibility index (Phi) is 3.07. The molecule has 19 heavy (non-hydrogen) atoms. The van der Waals surface area contributed by atoms with Gasteiger partial charge >= 0.3 is 18.9 Å². The van der Waals surface area contributed by atoms with Crippen LogP contribution in [0.4, 0.5) is 0 Å². The summed E-state index contributed by atoms with van der Waals surface area (Å²) in [6, 6.07) is 26.0. The van der Waals surface area contributed by atoms with Gasteiger partial charge in [-0.3, -0.25) is 0 Å². The summed E-state index contributed by atoms with van der Waals surface area (Å²) in [5.41, 5.74) is 0. The molecule has 0 N–H and O–H groups in total. The van der Waals surface area contributed by atoms with Crippen molar-refractivity contribution in [3.05, 3.63) is 72.8 Å². The van der Waals surface area contributed by atoms with Gasteiger partial charge in [-0.05, 0) is 32.3 Å². The average Bonchev–Trinajstić information content (AvgIpc) is 2.46. The molecule has 4 aromatic carbocycles. The molecular weight excluding hydrogens is 223 g/mol. The summed E-state index contributed by atoms with van der Waals surface area (Å²) in [7, 11) is 0. The van der Waals surface area contributed by atoms with E-state index in [0.717, 1.165) is 0 Å². The molecule has 0 nitrogen and oxygen atoms in total. The molecule has 0 heterocycles. The molecule has 0 atom stereocenters. The van der Waals surface area contributed by atoms with Gasteiger partial charge in [0.25, 0.3) is 0 Å². The molecule has 0 radical (unpaired) electrons. The van der Waals surface area contributed by atoms with Crippen molar-refractivity contribution in [2.75, 3.05) is 0 Å². The Balaban J connectivity index is 0.00000110. The maximum Gasteiger partial charge on any atom is 1.00 e. The molecule has 0 aliphatic carbocycles. The number of fused-ring (bicyclic) bond motifs is 5. The zero-order valence-electron chi connectivity index (χ0n) is 10.9. The van der Waals surface area contributed by atoms with Gasteiger partial charge in [0, 0.05) is 0 Å². The van der Waals surface area contributed by atoms with Crippen LogP contribution in [0.5, 0.6) is 0 Å². The number of hydrogen-bond donors (Lipinski definition) is 0. The largest absolute Gasteiger partial charge is 1.00 e. The van der Waals surface area contributed by atoms with Gasteiger partial charge in [0.05, 0.1) is 0 Å². The summed E-state index contributed by atoms with van der Waals surface area (Å²) in [6.45, 7) is 0. The Bertz CT molecular complexity index is 803. The van der Waals surface area contributed by atoms with Crippen LogP contribution >= 0.6 is 0 Å². The van der Waals surface area contributed by atoms with Gasteiger partial charge in [-0.1, -0.05) is 72.8 Å². The molecule has 0 amide bonds. The van der Waals surface area contributed by atoms with Crippen molar-refractivity contribution in [3.63, 3.8) is 0 Å². The van der Waals surface area contributed by atoms with Crippen molar-refractivity contribution in [1.82, 2.24) is 0 Å². The molecule has 0 spiro atoms. The fraction of sp³-hybridized carbons (Fsp3) is 0. The van der Waals surface area contributed by atoms with Crippen LogP contribution in [0.15, 0.2) is 72.8 Å². The minimum atomic E-state index is 0. The van der Waals surface area contributed by atoms with Gasteiger partial charge < -0.3 is 0 Å². The maximum atomic E-state index is 2.24. The van der Waals surface area contributed by atoms with E-state index in [0.29, 0.717) is 0 Å². The molecule has 0 fully saturated rings. The van der Waals surface area contributed by atoms with Gasteiger partial charge in [-0.15, -0.1) is 0 Å². The Morgan fingerprint density at radius 1 is 0.368 bits per heavy atom. The molecule has 0 saturated heterocycles. The molecule has 0 aliphatic heterocycles. The number of rotatable bonds is 0. The first kappa shape index (κ1) is 12.3. The van der Waals surface area contributed by atoms with Gasteiger partial charge in [-0.25, -0.2) is 0 Å². The number of hydrogen-bond acceptors (Lipinski definition) is 0. The normalized spacial score (nSPS) is 10.7. The van der Waals surface area contributed by atoms with Gasteiger partial charge in [0.2, 0.25) is 0 Å². The van der Waals surface area contributed by atoms with Gasteiger partial charge in [0.15, 0.2) is 0 Å². The van der Waals surface area contributed by atoms with Crippen molar-refractivity contribution in [2.24, 2.45) is 0 Å². The van der Waals surface area contributed by atoms with Crippen LogP contribution in [0, 0.1) is 0 Å². The minimum Gasteiger partial charge on any atom is -0.0616 e. The fourth-order valence-electron chi connectivity index (χ4n) is 2.77. The van der Waals surface area contributed by atoms with E-state index in [1.807, 2.05) is 0 Å². The summed E-state index contributed by atoms with van der Waals surface area (Å²) in [6.07, 6.45) is 0. The molecule has 0 aliphatic rings. The van der Waals surface area contributed by atoms with E-state index < -0.39 is 0 Å². The second-order valence-corrected chi connectivity index (χ2v) is 4.67. The van der Waals surface area contributed by atoms with Gasteiger partial charge in [0.1, 0.15) is 0 Å². The van der Waals surface area contributed by atoms with E-state index in [1.54, 1.807) is 0 Å². The third-order valence-electron chi connectivity index (χ3n) is 3.65. The second kappa shape index (κ2) is 4.74. The average molecular weight is 235 g/mol. The predicted molar refractivity (Wildman–Crippen MR) is 79.0 cm³/mol. The van der Waals surface area contributed by atoms with Crippen molar-refractivity contribution < 1.29 is 18.9 Å². The van der Waals surface area contributed by atoms with E-state index in [4.69, 9.17) is 0 Å². The Morgan fingerprint density at radius 2 is 0.789 bits per heavy atom. The quantitative estimate of drug-likeness (QED) is 0.323. The monoisotopic (exact) mass is 235 g/mol. The van der Waals surface area contributed by atoms with E-state index >= 15 is 0 Å². The van der Waals surface area contributed by atoms with E-state index in [-0.39, 0.29) is 18.9 Å². The third-order valence-corrected chi connectivity index (χ3v) is 3.65. The molecular formula is C18H12Li+. The Hall–Kier alpha value is -1.74. The summed E-state index contributed by atoms with van der Waals surface area (Å²) < 4.78 is 0. The maximum absolute atomic E-state index is 2.24. The van der Waals surface area contributed by atoms with E-state index in [9.17, 15) is 0 Å². The predicted octanol–water partition coefficient (Wildman–Crippen LogP) is 2.15. The number of benzene rings is 4. The molecule has 84 valence electrons. The SMILES string of the molecule is [Li+].c1ccc2c(c1)ccc1c3ccccc3ccc21. The molecule has 1 heteroatoms. The van der Waals surface area contributed by atoms with E-state index in [2.05, 4.69) is 72.8 Å². The molecule has 4 rings (SSSR count). The van der Waals surface area contributed by atoms with Crippen molar-refractivity contribution in [2.45, 2.75) is 0 Å². The standard InChI is InChI=1S/C18H12.Li/c1-3-7-15-13(5-1)9-11-18-16-8-4-2-6-14(16)10-12-17(15)18;/h1-12H;/q;+1. The van der Waals surface area contributed by atoms with Gasteiger partial charge in [-0.2, -0.15) is 0 Å². The first-order valence-electron chi connectivity index (χ1n) is 6.23. The van der Waals surface area contributed by atoms with Crippen LogP contribution in [0.2, 0.25) is 0 Å².